The Morgan fingerprint density at radius 2 is 2.08 bits per heavy atom. The zero-order valence-electron chi connectivity index (χ0n) is 12.9. The SMILES string of the molecule is O=C(NCC#Cc1cccc(F)c1)c1ccc(-n2cncn2)c(F)c1. The van der Waals surface area contributed by atoms with E-state index in [-0.39, 0.29) is 23.6 Å². The summed E-state index contributed by atoms with van der Waals surface area (Å²) in [6, 6.07) is 9.88. The van der Waals surface area contributed by atoms with Crippen molar-refractivity contribution >= 4 is 5.91 Å². The van der Waals surface area contributed by atoms with Crippen LogP contribution in [0.15, 0.2) is 55.1 Å². The highest BCUT2D eigenvalue weighted by Gasteiger charge is 2.10. The fourth-order valence-electron chi connectivity index (χ4n) is 2.11. The van der Waals surface area contributed by atoms with Crippen molar-refractivity contribution in [1.29, 1.82) is 0 Å². The number of amides is 1. The van der Waals surface area contributed by atoms with Gasteiger partial charge in [0.15, 0.2) is 0 Å². The molecule has 0 radical (unpaired) electrons. The van der Waals surface area contributed by atoms with Gasteiger partial charge in [-0.2, -0.15) is 5.10 Å². The van der Waals surface area contributed by atoms with Crippen molar-refractivity contribution in [1.82, 2.24) is 20.1 Å². The van der Waals surface area contributed by atoms with Gasteiger partial charge in [0.05, 0.1) is 6.54 Å². The highest BCUT2D eigenvalue weighted by Crippen LogP contribution is 2.13. The number of hydrogen-bond donors (Lipinski definition) is 1. The third kappa shape index (κ3) is 4.06. The maximum absolute atomic E-state index is 14.1. The maximum atomic E-state index is 14.1. The van der Waals surface area contributed by atoms with Gasteiger partial charge in [0.2, 0.25) is 0 Å². The Bertz CT molecular complexity index is 959. The maximum Gasteiger partial charge on any atom is 0.252 e. The van der Waals surface area contributed by atoms with E-state index in [4.69, 9.17) is 0 Å². The summed E-state index contributed by atoms with van der Waals surface area (Å²) in [5, 5.41) is 6.40. The lowest BCUT2D eigenvalue weighted by atomic mass is 10.2. The van der Waals surface area contributed by atoms with E-state index in [2.05, 4.69) is 27.2 Å². The average molecular weight is 338 g/mol. The molecular weight excluding hydrogens is 326 g/mol. The summed E-state index contributed by atoms with van der Waals surface area (Å²) >= 11 is 0. The van der Waals surface area contributed by atoms with E-state index < -0.39 is 11.7 Å². The standard InChI is InChI=1S/C18H12F2N4O/c19-15-5-1-3-13(9-15)4-2-8-22-18(25)14-6-7-17(16(20)10-14)24-12-21-11-23-24/h1,3,5-7,9-12H,8H2,(H,22,25). The van der Waals surface area contributed by atoms with Crippen LogP contribution in [-0.2, 0) is 0 Å². The molecule has 0 aliphatic carbocycles. The highest BCUT2D eigenvalue weighted by molar-refractivity contribution is 5.94. The Morgan fingerprint density at radius 1 is 1.20 bits per heavy atom. The van der Waals surface area contributed by atoms with Crippen molar-refractivity contribution in [3.63, 3.8) is 0 Å². The van der Waals surface area contributed by atoms with Crippen LogP contribution in [0, 0.1) is 23.5 Å². The van der Waals surface area contributed by atoms with Crippen molar-refractivity contribution in [3.05, 3.63) is 77.9 Å². The predicted octanol–water partition coefficient (Wildman–Crippen LogP) is 2.33. The van der Waals surface area contributed by atoms with Gasteiger partial charge in [-0.15, -0.1) is 0 Å². The number of hydrogen-bond acceptors (Lipinski definition) is 3. The van der Waals surface area contributed by atoms with E-state index in [9.17, 15) is 13.6 Å². The first-order chi connectivity index (χ1) is 12.1. The molecule has 0 fully saturated rings. The second-order valence-electron chi connectivity index (χ2n) is 5.00. The Kier molecular flexibility index (Phi) is 4.81. The van der Waals surface area contributed by atoms with Crippen LogP contribution < -0.4 is 5.32 Å². The molecule has 124 valence electrons. The minimum Gasteiger partial charge on any atom is -0.341 e. The largest absolute Gasteiger partial charge is 0.341 e. The minimum absolute atomic E-state index is 0.0573. The molecule has 0 bridgehead atoms. The molecule has 0 atom stereocenters. The molecule has 5 nitrogen and oxygen atoms in total. The van der Waals surface area contributed by atoms with Crippen molar-refractivity contribution in [3.8, 4) is 17.5 Å². The molecule has 1 heterocycles. The molecule has 3 rings (SSSR count). The fraction of sp³-hybridized carbons (Fsp3) is 0.0556. The summed E-state index contributed by atoms with van der Waals surface area (Å²) in [6.45, 7) is 0.0573. The molecule has 7 heteroatoms. The van der Waals surface area contributed by atoms with E-state index >= 15 is 0 Å². The van der Waals surface area contributed by atoms with Crippen LogP contribution in [0.25, 0.3) is 5.69 Å². The van der Waals surface area contributed by atoms with Crippen LogP contribution >= 0.6 is 0 Å². The van der Waals surface area contributed by atoms with Gasteiger partial charge in [0.25, 0.3) is 5.91 Å². The summed E-state index contributed by atoms with van der Waals surface area (Å²) in [4.78, 5) is 15.8. The molecule has 0 unspecified atom stereocenters. The third-order valence-corrected chi connectivity index (χ3v) is 3.27. The summed E-state index contributed by atoms with van der Waals surface area (Å²) < 4.78 is 28.4. The normalized spacial score (nSPS) is 10.0. The quantitative estimate of drug-likeness (QED) is 0.746. The van der Waals surface area contributed by atoms with Gasteiger partial charge in [-0.05, 0) is 36.4 Å². The summed E-state index contributed by atoms with van der Waals surface area (Å²) in [7, 11) is 0. The average Bonchev–Trinajstić information content (AvgIpc) is 3.13. The molecule has 0 spiro atoms. The first-order valence-electron chi connectivity index (χ1n) is 7.30. The first-order valence-corrected chi connectivity index (χ1v) is 7.30. The Balaban J connectivity index is 1.63. The van der Waals surface area contributed by atoms with Gasteiger partial charge in [-0.3, -0.25) is 4.79 Å². The molecule has 3 aromatic rings. The third-order valence-electron chi connectivity index (χ3n) is 3.27. The summed E-state index contributed by atoms with van der Waals surface area (Å²) in [6.07, 6.45) is 2.65. The molecule has 2 aromatic carbocycles. The number of rotatable bonds is 3. The number of aromatic nitrogens is 3. The molecule has 1 N–H and O–H groups in total. The van der Waals surface area contributed by atoms with Crippen LogP contribution in [-0.4, -0.2) is 27.2 Å². The van der Waals surface area contributed by atoms with Crippen LogP contribution in [0.1, 0.15) is 15.9 Å². The summed E-state index contributed by atoms with van der Waals surface area (Å²) in [5.74, 6) is 4.02. The Labute approximate surface area is 142 Å². The van der Waals surface area contributed by atoms with Gasteiger partial charge < -0.3 is 5.32 Å². The number of halogens is 2. The van der Waals surface area contributed by atoms with Crippen molar-refractivity contribution in [2.24, 2.45) is 0 Å². The van der Waals surface area contributed by atoms with Gasteiger partial charge in [0.1, 0.15) is 30.0 Å². The van der Waals surface area contributed by atoms with E-state index in [0.29, 0.717) is 5.56 Å². The Morgan fingerprint density at radius 3 is 2.80 bits per heavy atom. The zero-order valence-corrected chi connectivity index (χ0v) is 12.9. The van der Waals surface area contributed by atoms with Gasteiger partial charge >= 0.3 is 0 Å². The van der Waals surface area contributed by atoms with E-state index in [1.807, 2.05) is 0 Å². The fourth-order valence-corrected chi connectivity index (χ4v) is 2.11. The lowest BCUT2D eigenvalue weighted by Gasteiger charge is -2.05. The number of benzene rings is 2. The van der Waals surface area contributed by atoms with Crippen molar-refractivity contribution in [2.75, 3.05) is 6.54 Å². The highest BCUT2D eigenvalue weighted by atomic mass is 19.1. The molecule has 1 aromatic heterocycles. The monoisotopic (exact) mass is 338 g/mol. The van der Waals surface area contributed by atoms with Gasteiger partial charge in [-0.1, -0.05) is 17.9 Å². The lowest BCUT2D eigenvalue weighted by molar-refractivity contribution is 0.0958. The van der Waals surface area contributed by atoms with Gasteiger partial charge in [-0.25, -0.2) is 18.4 Å². The number of nitrogens with one attached hydrogen (secondary N) is 1. The first kappa shape index (κ1) is 16.3. The lowest BCUT2D eigenvalue weighted by Crippen LogP contribution is -2.23. The smallest absolute Gasteiger partial charge is 0.252 e. The minimum atomic E-state index is -0.594. The topological polar surface area (TPSA) is 59.8 Å². The molecule has 0 aliphatic heterocycles. The predicted molar refractivity (Wildman–Crippen MR) is 86.9 cm³/mol. The second-order valence-corrected chi connectivity index (χ2v) is 5.00. The van der Waals surface area contributed by atoms with Crippen LogP contribution in [0.3, 0.4) is 0 Å². The molecule has 0 saturated carbocycles. The van der Waals surface area contributed by atoms with E-state index in [0.717, 1.165) is 6.07 Å². The van der Waals surface area contributed by atoms with E-state index in [1.165, 1.54) is 41.6 Å². The summed E-state index contributed by atoms with van der Waals surface area (Å²) in [5.41, 5.74) is 0.867. The second kappa shape index (κ2) is 7.36. The van der Waals surface area contributed by atoms with Crippen molar-refractivity contribution in [2.45, 2.75) is 0 Å². The van der Waals surface area contributed by atoms with Gasteiger partial charge in [0, 0.05) is 11.1 Å². The number of nitrogens with zero attached hydrogens (tertiary/aromatic N) is 3. The van der Waals surface area contributed by atoms with Crippen molar-refractivity contribution < 1.29 is 13.6 Å². The van der Waals surface area contributed by atoms with E-state index in [1.54, 1.807) is 12.1 Å². The number of carbonyl (C=O) groups is 1. The number of carbonyl (C=O) groups excluding carboxylic acids is 1. The molecule has 0 aliphatic rings. The molecule has 25 heavy (non-hydrogen) atoms. The molecule has 0 saturated heterocycles. The van der Waals surface area contributed by atoms with Crippen LogP contribution in [0.2, 0.25) is 0 Å². The molecular formula is C18H12F2N4O. The zero-order chi connectivity index (χ0) is 17.6. The molecule has 1 amide bonds. The van der Waals surface area contributed by atoms with Crippen LogP contribution in [0.5, 0.6) is 0 Å². The Hall–Kier alpha value is -3.53. The van der Waals surface area contributed by atoms with Crippen LogP contribution in [0.4, 0.5) is 8.78 Å².